The van der Waals surface area contributed by atoms with Gasteiger partial charge in [-0.05, 0) is 49.7 Å². The monoisotopic (exact) mass is 367 g/mol. The number of amides is 4. The van der Waals surface area contributed by atoms with Crippen molar-refractivity contribution in [1.29, 1.82) is 0 Å². The molecule has 0 radical (unpaired) electrons. The van der Waals surface area contributed by atoms with Crippen LogP contribution in [0.5, 0.6) is 11.5 Å². The number of nitrogens with one attached hydrogen (secondary N) is 2. The lowest BCUT2D eigenvalue weighted by Crippen LogP contribution is -2.44. The SMILES string of the molecule is CC[C@@]1(C)NC(=O)N(CC(=O)Nc2ccc(Oc3ccccc3)cc2)C1=O. The summed E-state index contributed by atoms with van der Waals surface area (Å²) < 4.78 is 5.69. The van der Waals surface area contributed by atoms with Crippen molar-refractivity contribution in [3.05, 3.63) is 54.6 Å². The fourth-order valence-electron chi connectivity index (χ4n) is 2.71. The molecule has 1 aliphatic rings. The second-order valence-corrected chi connectivity index (χ2v) is 6.49. The highest BCUT2D eigenvalue weighted by Gasteiger charge is 2.46. The van der Waals surface area contributed by atoms with Gasteiger partial charge in [0.1, 0.15) is 23.6 Å². The topological polar surface area (TPSA) is 87.7 Å². The van der Waals surface area contributed by atoms with E-state index in [9.17, 15) is 14.4 Å². The lowest BCUT2D eigenvalue weighted by molar-refractivity contribution is -0.133. The average molecular weight is 367 g/mol. The van der Waals surface area contributed by atoms with Crippen molar-refractivity contribution in [2.24, 2.45) is 0 Å². The van der Waals surface area contributed by atoms with Crippen LogP contribution in [-0.2, 0) is 9.59 Å². The van der Waals surface area contributed by atoms with Crippen LogP contribution in [0.25, 0.3) is 0 Å². The molecule has 0 unspecified atom stereocenters. The number of hydrogen-bond donors (Lipinski definition) is 2. The van der Waals surface area contributed by atoms with Crippen LogP contribution in [0.3, 0.4) is 0 Å². The number of para-hydroxylation sites is 1. The number of anilines is 1. The van der Waals surface area contributed by atoms with Crippen molar-refractivity contribution in [3.63, 3.8) is 0 Å². The van der Waals surface area contributed by atoms with E-state index >= 15 is 0 Å². The van der Waals surface area contributed by atoms with Gasteiger partial charge in [-0.3, -0.25) is 14.5 Å². The van der Waals surface area contributed by atoms with E-state index in [-0.39, 0.29) is 6.54 Å². The molecule has 0 saturated carbocycles. The maximum Gasteiger partial charge on any atom is 0.325 e. The van der Waals surface area contributed by atoms with Crippen LogP contribution < -0.4 is 15.4 Å². The summed E-state index contributed by atoms with van der Waals surface area (Å²) in [7, 11) is 0. The Balaban J connectivity index is 1.58. The molecule has 0 aliphatic carbocycles. The second-order valence-electron chi connectivity index (χ2n) is 6.49. The summed E-state index contributed by atoms with van der Waals surface area (Å²) in [6.45, 7) is 3.12. The zero-order valence-corrected chi connectivity index (χ0v) is 15.2. The molecule has 0 bridgehead atoms. The summed E-state index contributed by atoms with van der Waals surface area (Å²) in [4.78, 5) is 37.4. The molecule has 1 heterocycles. The van der Waals surface area contributed by atoms with Gasteiger partial charge in [-0.15, -0.1) is 0 Å². The van der Waals surface area contributed by atoms with Crippen LogP contribution in [0.15, 0.2) is 54.6 Å². The number of carbonyl (C=O) groups is 3. The molecule has 7 heteroatoms. The van der Waals surface area contributed by atoms with Crippen LogP contribution in [0, 0.1) is 0 Å². The number of nitrogens with zero attached hydrogens (tertiary/aromatic N) is 1. The fraction of sp³-hybridized carbons (Fsp3) is 0.250. The van der Waals surface area contributed by atoms with Crippen molar-refractivity contribution in [2.45, 2.75) is 25.8 Å². The molecule has 1 atom stereocenters. The Morgan fingerprint density at radius 2 is 1.70 bits per heavy atom. The minimum Gasteiger partial charge on any atom is -0.457 e. The van der Waals surface area contributed by atoms with Gasteiger partial charge in [0.05, 0.1) is 0 Å². The summed E-state index contributed by atoms with van der Waals surface area (Å²) >= 11 is 0. The van der Waals surface area contributed by atoms with Gasteiger partial charge >= 0.3 is 6.03 Å². The predicted octanol–water partition coefficient (Wildman–Crippen LogP) is 3.14. The fourth-order valence-corrected chi connectivity index (χ4v) is 2.71. The Labute approximate surface area is 157 Å². The summed E-state index contributed by atoms with van der Waals surface area (Å²) in [5.74, 6) is 0.506. The summed E-state index contributed by atoms with van der Waals surface area (Å²) in [5.41, 5.74) is -0.404. The molecule has 2 N–H and O–H groups in total. The van der Waals surface area contributed by atoms with Gasteiger partial charge in [0.15, 0.2) is 0 Å². The Morgan fingerprint density at radius 1 is 1.07 bits per heavy atom. The molecule has 0 spiro atoms. The van der Waals surface area contributed by atoms with Crippen molar-refractivity contribution in [1.82, 2.24) is 10.2 Å². The summed E-state index contributed by atoms with van der Waals surface area (Å²) in [6.07, 6.45) is 0.457. The highest BCUT2D eigenvalue weighted by atomic mass is 16.5. The van der Waals surface area contributed by atoms with Gasteiger partial charge in [-0.1, -0.05) is 25.1 Å². The third-order valence-electron chi connectivity index (χ3n) is 4.47. The van der Waals surface area contributed by atoms with Crippen LogP contribution in [0.4, 0.5) is 10.5 Å². The quantitative estimate of drug-likeness (QED) is 0.768. The molecule has 1 saturated heterocycles. The minimum absolute atomic E-state index is 0.331. The molecular weight excluding hydrogens is 346 g/mol. The lowest BCUT2D eigenvalue weighted by Gasteiger charge is -2.19. The Morgan fingerprint density at radius 3 is 2.30 bits per heavy atom. The number of rotatable bonds is 6. The normalized spacial score (nSPS) is 19.0. The van der Waals surface area contributed by atoms with Crippen molar-refractivity contribution in [3.8, 4) is 11.5 Å². The number of carbonyl (C=O) groups excluding carboxylic acids is 3. The molecule has 0 aromatic heterocycles. The third kappa shape index (κ3) is 4.08. The van der Waals surface area contributed by atoms with Gasteiger partial charge in [0, 0.05) is 5.69 Å². The van der Waals surface area contributed by atoms with Gasteiger partial charge in [-0.2, -0.15) is 0 Å². The molecule has 27 heavy (non-hydrogen) atoms. The van der Waals surface area contributed by atoms with Crippen LogP contribution in [0.1, 0.15) is 20.3 Å². The van der Waals surface area contributed by atoms with Gasteiger partial charge in [-0.25, -0.2) is 4.79 Å². The van der Waals surface area contributed by atoms with E-state index in [4.69, 9.17) is 4.74 Å². The zero-order chi connectivity index (χ0) is 19.4. The first-order valence-electron chi connectivity index (χ1n) is 8.68. The van der Waals surface area contributed by atoms with E-state index in [0.717, 1.165) is 4.90 Å². The van der Waals surface area contributed by atoms with Gasteiger partial charge in [0.2, 0.25) is 5.91 Å². The van der Waals surface area contributed by atoms with Crippen molar-refractivity contribution >= 4 is 23.5 Å². The lowest BCUT2D eigenvalue weighted by atomic mass is 9.99. The minimum atomic E-state index is -0.951. The maximum atomic E-state index is 12.3. The van der Waals surface area contributed by atoms with E-state index in [1.54, 1.807) is 38.1 Å². The van der Waals surface area contributed by atoms with E-state index < -0.39 is 23.4 Å². The first kappa shape index (κ1) is 18.4. The van der Waals surface area contributed by atoms with E-state index in [1.165, 1.54) is 0 Å². The third-order valence-corrected chi connectivity index (χ3v) is 4.47. The van der Waals surface area contributed by atoms with Gasteiger partial charge < -0.3 is 15.4 Å². The van der Waals surface area contributed by atoms with Crippen LogP contribution in [0.2, 0.25) is 0 Å². The molecule has 4 amide bonds. The average Bonchev–Trinajstić information content (AvgIpc) is 2.88. The molecule has 2 aromatic rings. The van der Waals surface area contributed by atoms with Crippen molar-refractivity contribution in [2.75, 3.05) is 11.9 Å². The van der Waals surface area contributed by atoms with Crippen molar-refractivity contribution < 1.29 is 19.1 Å². The van der Waals surface area contributed by atoms with E-state index in [2.05, 4.69) is 10.6 Å². The Bertz CT molecular complexity index is 851. The van der Waals surface area contributed by atoms with E-state index in [1.807, 2.05) is 30.3 Å². The molecule has 1 aliphatic heterocycles. The number of imide groups is 1. The van der Waals surface area contributed by atoms with E-state index in [0.29, 0.717) is 23.6 Å². The molecule has 140 valence electrons. The smallest absolute Gasteiger partial charge is 0.325 e. The molecule has 7 nitrogen and oxygen atoms in total. The standard InChI is InChI=1S/C20H21N3O4/c1-3-20(2)18(25)23(19(26)22-20)13-17(24)21-14-9-11-16(12-10-14)27-15-7-5-4-6-8-15/h4-12H,3,13H2,1-2H3,(H,21,24)(H,22,26)/t20-/m1/s1. The Kier molecular flexibility index (Phi) is 5.12. The van der Waals surface area contributed by atoms with Crippen LogP contribution in [-0.4, -0.2) is 34.8 Å². The number of benzene rings is 2. The molecule has 2 aromatic carbocycles. The molecule has 3 rings (SSSR count). The highest BCUT2D eigenvalue weighted by Crippen LogP contribution is 2.23. The first-order valence-corrected chi connectivity index (χ1v) is 8.68. The number of hydrogen-bond acceptors (Lipinski definition) is 4. The first-order chi connectivity index (χ1) is 12.9. The molecular formula is C20H21N3O4. The predicted molar refractivity (Wildman–Crippen MR) is 101 cm³/mol. The largest absolute Gasteiger partial charge is 0.457 e. The number of ether oxygens (including phenoxy) is 1. The summed E-state index contributed by atoms with van der Waals surface area (Å²) in [6, 6.07) is 15.6. The zero-order valence-electron chi connectivity index (χ0n) is 15.2. The highest BCUT2D eigenvalue weighted by molar-refractivity contribution is 6.09. The summed E-state index contributed by atoms with van der Waals surface area (Å²) in [5, 5.41) is 5.30. The number of urea groups is 1. The van der Waals surface area contributed by atoms with Gasteiger partial charge in [0.25, 0.3) is 5.91 Å². The molecule has 1 fully saturated rings. The van der Waals surface area contributed by atoms with Crippen LogP contribution >= 0.6 is 0 Å². The Hall–Kier alpha value is -3.35. The maximum absolute atomic E-state index is 12.3. The second kappa shape index (κ2) is 7.49.